The van der Waals surface area contributed by atoms with Crippen molar-refractivity contribution in [2.45, 2.75) is 57.0 Å². The number of aliphatic hydroxyl groups is 1. The van der Waals surface area contributed by atoms with E-state index in [1.165, 1.54) is 0 Å². The Labute approximate surface area is 175 Å². The predicted molar refractivity (Wildman–Crippen MR) is 107 cm³/mol. The molecular formula is C17H36N4O9. The van der Waals surface area contributed by atoms with Gasteiger partial charge in [0.25, 0.3) is 0 Å². The summed E-state index contributed by atoms with van der Waals surface area (Å²) in [4.78, 5) is 39.2. The first-order valence-corrected chi connectivity index (χ1v) is 9.36. The molecule has 1 saturated carbocycles. The van der Waals surface area contributed by atoms with Crippen molar-refractivity contribution >= 4 is 23.9 Å². The van der Waals surface area contributed by atoms with Gasteiger partial charge in [-0.25, -0.2) is 0 Å². The smallest absolute Gasteiger partial charge is 0.322 e. The van der Waals surface area contributed by atoms with Crippen molar-refractivity contribution in [2.24, 2.45) is 28.9 Å². The van der Waals surface area contributed by atoms with E-state index in [9.17, 15) is 19.2 Å². The fourth-order valence-electron chi connectivity index (χ4n) is 1.88. The molecule has 0 spiro atoms. The van der Waals surface area contributed by atoms with Gasteiger partial charge in [-0.05, 0) is 32.2 Å². The highest BCUT2D eigenvalue weighted by Gasteiger charge is 2.21. The number of aliphatic hydroxyl groups excluding tert-OH is 1. The minimum Gasteiger partial charge on any atom is -0.481 e. The lowest BCUT2D eigenvalue weighted by atomic mass is 10.1. The van der Waals surface area contributed by atoms with Crippen molar-refractivity contribution in [3.8, 4) is 0 Å². The fraction of sp³-hybridized carbons (Fsp3) is 0.765. The highest BCUT2D eigenvalue weighted by molar-refractivity contribution is 5.73. The molecular weight excluding hydrogens is 404 g/mol. The molecule has 1 aliphatic carbocycles. The first-order chi connectivity index (χ1) is 13.9. The Morgan fingerprint density at radius 1 is 0.833 bits per heavy atom. The molecule has 0 amide bonds. The number of rotatable bonds is 9. The molecule has 0 saturated heterocycles. The molecule has 0 radical (unpaired) electrons. The van der Waals surface area contributed by atoms with Gasteiger partial charge >= 0.3 is 23.9 Å². The Balaban J connectivity index is -0.000000333. The quantitative estimate of drug-likeness (QED) is 0.179. The minimum absolute atomic E-state index is 0.0185. The molecule has 30 heavy (non-hydrogen) atoms. The number of nitrogens with two attached hydrogens (primary N) is 4. The molecule has 0 aliphatic heterocycles. The van der Waals surface area contributed by atoms with Crippen LogP contribution in [0.3, 0.4) is 0 Å². The summed E-state index contributed by atoms with van der Waals surface area (Å²) < 4.78 is 0. The summed E-state index contributed by atoms with van der Waals surface area (Å²) in [6.45, 7) is -0.179. The van der Waals surface area contributed by atoms with Gasteiger partial charge in [0.1, 0.15) is 12.1 Å². The molecule has 0 aromatic carbocycles. The Kier molecular flexibility index (Phi) is 23.1. The van der Waals surface area contributed by atoms with Crippen molar-refractivity contribution in [3.63, 3.8) is 0 Å². The monoisotopic (exact) mass is 440 g/mol. The average molecular weight is 440 g/mol. The SMILES string of the molecule is NC(CO)C(=O)O.NCC(=O)O.NCCCCC(N)C(=O)O.O=C(O)C1CCCC1. The van der Waals surface area contributed by atoms with Crippen LogP contribution in [0.25, 0.3) is 0 Å². The molecule has 2 atom stereocenters. The van der Waals surface area contributed by atoms with Crippen LogP contribution in [-0.4, -0.2) is 81.2 Å². The highest BCUT2D eigenvalue weighted by atomic mass is 16.4. The third kappa shape index (κ3) is 23.7. The molecule has 2 unspecified atom stereocenters. The summed E-state index contributed by atoms with van der Waals surface area (Å²) in [6.07, 6.45) is 6.18. The second-order valence-corrected chi connectivity index (χ2v) is 6.27. The van der Waals surface area contributed by atoms with E-state index >= 15 is 0 Å². The Bertz CT molecular complexity index is 486. The van der Waals surface area contributed by atoms with E-state index in [1.54, 1.807) is 0 Å². The topological polar surface area (TPSA) is 274 Å². The third-order valence-electron chi connectivity index (χ3n) is 3.68. The number of carboxylic acids is 4. The van der Waals surface area contributed by atoms with Gasteiger partial charge in [0, 0.05) is 0 Å². The van der Waals surface area contributed by atoms with E-state index in [4.69, 9.17) is 42.7 Å². The Morgan fingerprint density at radius 3 is 1.47 bits per heavy atom. The van der Waals surface area contributed by atoms with Crippen LogP contribution >= 0.6 is 0 Å². The zero-order valence-corrected chi connectivity index (χ0v) is 17.0. The fourth-order valence-corrected chi connectivity index (χ4v) is 1.88. The van der Waals surface area contributed by atoms with Crippen molar-refractivity contribution in [3.05, 3.63) is 0 Å². The molecule has 1 fully saturated rings. The summed E-state index contributed by atoms with van der Waals surface area (Å²) in [5.41, 5.74) is 19.8. The Morgan fingerprint density at radius 2 is 1.27 bits per heavy atom. The first kappa shape index (κ1) is 32.3. The van der Waals surface area contributed by atoms with E-state index in [1.807, 2.05) is 0 Å². The lowest BCUT2D eigenvalue weighted by molar-refractivity contribution is -0.142. The molecule has 1 rings (SSSR count). The van der Waals surface area contributed by atoms with Gasteiger partial charge in [-0.3, -0.25) is 19.2 Å². The van der Waals surface area contributed by atoms with Gasteiger partial charge in [0.15, 0.2) is 0 Å². The summed E-state index contributed by atoms with van der Waals surface area (Å²) in [5, 5.41) is 40.2. The number of carboxylic acid groups (broad SMARTS) is 4. The standard InChI is InChI=1S/C6H14N2O2.C6H10O2.C3H7NO3.C2H5NO2/c7-4-2-1-3-5(8)6(9)10;7-6(8)5-3-1-2-4-5;4-2(1-5)3(6)7;3-1-2(4)5/h5H,1-4,7-8H2,(H,9,10);5H,1-4H2,(H,7,8);2,5H,1,4H2,(H,6,7);1,3H2,(H,4,5). The normalized spacial score (nSPS) is 14.4. The number of carbonyl (C=O) groups is 4. The molecule has 178 valence electrons. The molecule has 1 aliphatic rings. The van der Waals surface area contributed by atoms with Gasteiger partial charge in [-0.1, -0.05) is 19.3 Å². The van der Waals surface area contributed by atoms with E-state index in [0.29, 0.717) is 13.0 Å². The number of hydrogen-bond donors (Lipinski definition) is 9. The van der Waals surface area contributed by atoms with Crippen LogP contribution < -0.4 is 22.9 Å². The third-order valence-corrected chi connectivity index (χ3v) is 3.68. The summed E-state index contributed by atoms with van der Waals surface area (Å²) in [5.74, 6) is -3.71. The maximum atomic E-state index is 10.2. The van der Waals surface area contributed by atoms with E-state index < -0.39 is 42.6 Å². The maximum absolute atomic E-state index is 10.2. The highest BCUT2D eigenvalue weighted by Crippen LogP contribution is 2.24. The number of unbranched alkanes of at least 4 members (excludes halogenated alkanes) is 1. The van der Waals surface area contributed by atoms with Crippen molar-refractivity contribution in [2.75, 3.05) is 19.7 Å². The van der Waals surface area contributed by atoms with Crippen LogP contribution in [0.2, 0.25) is 0 Å². The molecule has 0 bridgehead atoms. The number of hydrogen-bond acceptors (Lipinski definition) is 9. The van der Waals surface area contributed by atoms with E-state index in [0.717, 1.165) is 38.5 Å². The maximum Gasteiger partial charge on any atom is 0.322 e. The van der Waals surface area contributed by atoms with Crippen LogP contribution in [0.4, 0.5) is 0 Å². The molecule has 13 nitrogen and oxygen atoms in total. The van der Waals surface area contributed by atoms with Crippen molar-refractivity contribution in [1.29, 1.82) is 0 Å². The second-order valence-electron chi connectivity index (χ2n) is 6.27. The van der Waals surface area contributed by atoms with Gasteiger partial charge in [0.05, 0.1) is 19.1 Å². The Hall–Kier alpha value is -2.32. The van der Waals surface area contributed by atoms with Gasteiger partial charge < -0.3 is 48.5 Å². The molecule has 0 aromatic rings. The van der Waals surface area contributed by atoms with Gasteiger partial charge in [-0.15, -0.1) is 0 Å². The van der Waals surface area contributed by atoms with Crippen LogP contribution in [0.5, 0.6) is 0 Å². The number of aliphatic carboxylic acids is 4. The van der Waals surface area contributed by atoms with Crippen molar-refractivity contribution < 1.29 is 44.7 Å². The lowest BCUT2D eigenvalue weighted by Gasteiger charge is -2.03. The molecule has 13 heteroatoms. The zero-order valence-electron chi connectivity index (χ0n) is 17.0. The molecule has 0 heterocycles. The van der Waals surface area contributed by atoms with Crippen LogP contribution in [-0.2, 0) is 19.2 Å². The summed E-state index contributed by atoms with van der Waals surface area (Å²) in [7, 11) is 0. The first-order valence-electron chi connectivity index (χ1n) is 9.36. The van der Waals surface area contributed by atoms with Crippen molar-refractivity contribution in [1.82, 2.24) is 0 Å². The second kappa shape index (κ2) is 21.4. The van der Waals surface area contributed by atoms with E-state index in [2.05, 4.69) is 5.73 Å². The minimum atomic E-state index is -1.18. The molecule has 13 N–H and O–H groups in total. The molecule has 0 aromatic heterocycles. The lowest BCUT2D eigenvalue weighted by Crippen LogP contribution is -2.33. The largest absolute Gasteiger partial charge is 0.481 e. The predicted octanol–water partition coefficient (Wildman–Crippen LogP) is -1.79. The van der Waals surface area contributed by atoms with Crippen LogP contribution in [0.1, 0.15) is 44.9 Å². The van der Waals surface area contributed by atoms with Gasteiger partial charge in [-0.2, -0.15) is 0 Å². The zero-order chi connectivity index (χ0) is 24.1. The average Bonchev–Trinajstić information content (AvgIpc) is 3.24. The van der Waals surface area contributed by atoms with Gasteiger partial charge in [0.2, 0.25) is 0 Å². The summed E-state index contributed by atoms with van der Waals surface area (Å²) in [6, 6.07) is -1.84. The van der Waals surface area contributed by atoms with Crippen LogP contribution in [0, 0.1) is 5.92 Å². The summed E-state index contributed by atoms with van der Waals surface area (Å²) >= 11 is 0. The van der Waals surface area contributed by atoms with E-state index in [-0.39, 0.29) is 12.5 Å². The van der Waals surface area contributed by atoms with Crippen LogP contribution in [0.15, 0.2) is 0 Å².